The number of carbonyl (C=O) groups is 2. The lowest BCUT2D eigenvalue weighted by Gasteiger charge is -2.14. The highest BCUT2D eigenvalue weighted by molar-refractivity contribution is 7.92. The number of nitrogens with one attached hydrogen (secondary N) is 1. The molecule has 0 radical (unpaired) electrons. The Morgan fingerprint density at radius 3 is 2.41 bits per heavy atom. The number of amides is 1. The molecule has 0 atom stereocenters. The van der Waals surface area contributed by atoms with Gasteiger partial charge in [-0.3, -0.25) is 4.79 Å². The maximum absolute atomic E-state index is 12.7. The Kier molecular flexibility index (Phi) is 6.35. The minimum atomic E-state index is -3.66. The maximum Gasteiger partial charge on any atom is 0.335 e. The van der Waals surface area contributed by atoms with Crippen LogP contribution in [0.4, 0.5) is 5.69 Å². The predicted molar refractivity (Wildman–Crippen MR) is 101 cm³/mol. The summed E-state index contributed by atoms with van der Waals surface area (Å²) >= 11 is 0. The summed E-state index contributed by atoms with van der Waals surface area (Å²) in [5.74, 6) is -1.79. The van der Waals surface area contributed by atoms with Gasteiger partial charge in [0.25, 0.3) is 5.91 Å². The summed E-state index contributed by atoms with van der Waals surface area (Å²) in [6.45, 7) is 3.25. The van der Waals surface area contributed by atoms with Crippen LogP contribution in [-0.4, -0.2) is 37.8 Å². The lowest BCUT2D eigenvalue weighted by Crippen LogP contribution is -2.21. The monoisotopic (exact) mass is 391 g/mol. The van der Waals surface area contributed by atoms with Gasteiger partial charge in [0.05, 0.1) is 27.9 Å². The molecule has 0 aromatic heterocycles. The van der Waals surface area contributed by atoms with Gasteiger partial charge in [0, 0.05) is 12.8 Å². The first-order valence-electron chi connectivity index (χ1n) is 8.17. The molecule has 0 fully saturated rings. The number of benzene rings is 2. The third kappa shape index (κ3) is 4.72. The summed E-state index contributed by atoms with van der Waals surface area (Å²) in [4.78, 5) is 23.9. The average Bonchev–Trinajstić information content (AvgIpc) is 2.61. The van der Waals surface area contributed by atoms with Crippen LogP contribution in [0, 0.1) is 0 Å². The van der Waals surface area contributed by atoms with E-state index in [0.717, 1.165) is 0 Å². The molecule has 7 nitrogen and oxygen atoms in total. The molecular formula is C19H21NO6S. The largest absolute Gasteiger partial charge is 0.478 e. The Bertz CT molecular complexity index is 966. The number of carboxylic acid groups (broad SMARTS) is 1. The number of methoxy groups -OCH3 is 1. The molecule has 0 aliphatic heterocycles. The highest BCUT2D eigenvalue weighted by Crippen LogP contribution is 2.23. The number of hydrogen-bond donors (Lipinski definition) is 2. The summed E-state index contributed by atoms with van der Waals surface area (Å²) in [5.41, 5.74) is 0.794. The molecular weight excluding hydrogens is 370 g/mol. The Labute approximate surface area is 157 Å². The minimum absolute atomic E-state index is 0.000203. The number of carbonyl (C=O) groups excluding carboxylic acids is 1. The Balaban J connectivity index is 2.43. The van der Waals surface area contributed by atoms with Gasteiger partial charge in [0.15, 0.2) is 9.84 Å². The van der Waals surface area contributed by atoms with Gasteiger partial charge in [0.1, 0.15) is 0 Å². The number of sulfone groups is 1. The first kappa shape index (κ1) is 20.6. The zero-order valence-corrected chi connectivity index (χ0v) is 16.0. The summed E-state index contributed by atoms with van der Waals surface area (Å²) in [5, 5.41) is 11.1. The van der Waals surface area contributed by atoms with E-state index < -0.39 is 27.0 Å². The van der Waals surface area contributed by atoms with E-state index in [2.05, 4.69) is 5.32 Å². The Morgan fingerprint density at radius 1 is 1.15 bits per heavy atom. The molecule has 27 heavy (non-hydrogen) atoms. The average molecular weight is 391 g/mol. The molecule has 0 heterocycles. The standard InChI is InChI=1S/C19H21NO6S/c1-12(2)27(24,25)17-7-5-4-6-16(17)18(21)20-15-9-13(11-26-3)8-14(10-15)19(22)23/h4-10,12H,11H2,1-3H3,(H,20,21)(H,22,23). The van der Waals surface area contributed by atoms with E-state index in [1.54, 1.807) is 18.2 Å². The van der Waals surface area contributed by atoms with Gasteiger partial charge in [0.2, 0.25) is 0 Å². The molecule has 144 valence electrons. The second-order valence-corrected chi connectivity index (χ2v) is 8.67. The highest BCUT2D eigenvalue weighted by Gasteiger charge is 2.25. The zero-order chi connectivity index (χ0) is 20.2. The molecule has 2 N–H and O–H groups in total. The number of anilines is 1. The summed E-state index contributed by atoms with van der Waals surface area (Å²) in [6.07, 6.45) is 0. The van der Waals surface area contributed by atoms with Crippen LogP contribution < -0.4 is 5.32 Å². The van der Waals surface area contributed by atoms with Crippen molar-refractivity contribution in [2.24, 2.45) is 0 Å². The van der Waals surface area contributed by atoms with Crippen molar-refractivity contribution in [3.8, 4) is 0 Å². The molecule has 0 aliphatic rings. The normalized spacial score (nSPS) is 11.4. The van der Waals surface area contributed by atoms with Crippen molar-refractivity contribution in [2.75, 3.05) is 12.4 Å². The summed E-state index contributed by atoms with van der Waals surface area (Å²) < 4.78 is 30.0. The third-order valence-electron chi connectivity index (χ3n) is 3.87. The molecule has 1 amide bonds. The van der Waals surface area contributed by atoms with Crippen molar-refractivity contribution in [3.05, 3.63) is 59.2 Å². The lowest BCUT2D eigenvalue weighted by atomic mass is 10.1. The van der Waals surface area contributed by atoms with Gasteiger partial charge >= 0.3 is 5.97 Å². The Hall–Kier alpha value is -2.71. The van der Waals surface area contributed by atoms with Crippen molar-refractivity contribution < 1.29 is 27.9 Å². The van der Waals surface area contributed by atoms with E-state index in [9.17, 15) is 23.1 Å². The quantitative estimate of drug-likeness (QED) is 0.751. The van der Waals surface area contributed by atoms with E-state index in [-0.39, 0.29) is 28.3 Å². The van der Waals surface area contributed by atoms with Crippen molar-refractivity contribution >= 4 is 27.4 Å². The van der Waals surface area contributed by atoms with Crippen LogP contribution in [0.25, 0.3) is 0 Å². The summed E-state index contributed by atoms with van der Waals surface area (Å²) in [6, 6.07) is 10.2. The number of hydrogen-bond acceptors (Lipinski definition) is 5. The zero-order valence-electron chi connectivity index (χ0n) is 15.2. The smallest absolute Gasteiger partial charge is 0.335 e. The lowest BCUT2D eigenvalue weighted by molar-refractivity contribution is 0.0696. The molecule has 2 rings (SSSR count). The summed E-state index contributed by atoms with van der Waals surface area (Å²) in [7, 11) is -2.19. The van der Waals surface area contributed by atoms with Crippen LogP contribution >= 0.6 is 0 Å². The molecule has 0 aliphatic carbocycles. The SMILES string of the molecule is COCc1cc(NC(=O)c2ccccc2S(=O)(=O)C(C)C)cc(C(=O)O)c1. The van der Waals surface area contributed by atoms with Crippen LogP contribution in [0.2, 0.25) is 0 Å². The van der Waals surface area contributed by atoms with Gasteiger partial charge < -0.3 is 15.2 Å². The van der Waals surface area contributed by atoms with Gasteiger partial charge in [-0.2, -0.15) is 0 Å². The third-order valence-corrected chi connectivity index (χ3v) is 6.08. The fourth-order valence-electron chi connectivity index (χ4n) is 2.49. The van der Waals surface area contributed by atoms with Crippen LogP contribution in [0.15, 0.2) is 47.4 Å². The van der Waals surface area contributed by atoms with Gasteiger partial charge in [-0.15, -0.1) is 0 Å². The van der Waals surface area contributed by atoms with Gasteiger partial charge in [-0.1, -0.05) is 12.1 Å². The van der Waals surface area contributed by atoms with Crippen LogP contribution in [-0.2, 0) is 21.2 Å². The first-order valence-corrected chi connectivity index (χ1v) is 9.72. The van der Waals surface area contributed by atoms with Crippen molar-refractivity contribution in [3.63, 3.8) is 0 Å². The second kappa shape index (κ2) is 8.32. The van der Waals surface area contributed by atoms with Crippen LogP contribution in [0.1, 0.15) is 40.1 Å². The number of carboxylic acids is 1. The van der Waals surface area contributed by atoms with Crippen LogP contribution in [0.3, 0.4) is 0 Å². The number of rotatable bonds is 7. The molecule has 0 unspecified atom stereocenters. The van der Waals surface area contributed by atoms with Gasteiger partial charge in [-0.05, 0) is 49.7 Å². The molecule has 0 saturated heterocycles. The number of ether oxygens (including phenoxy) is 1. The van der Waals surface area contributed by atoms with E-state index in [4.69, 9.17) is 4.74 Å². The van der Waals surface area contributed by atoms with E-state index in [1.807, 2.05) is 0 Å². The van der Waals surface area contributed by atoms with Crippen molar-refractivity contribution in [1.29, 1.82) is 0 Å². The highest BCUT2D eigenvalue weighted by atomic mass is 32.2. The fraction of sp³-hybridized carbons (Fsp3) is 0.263. The molecule has 0 spiro atoms. The van der Waals surface area contributed by atoms with Crippen molar-refractivity contribution in [1.82, 2.24) is 0 Å². The molecule has 2 aromatic carbocycles. The van der Waals surface area contributed by atoms with Crippen molar-refractivity contribution in [2.45, 2.75) is 30.6 Å². The molecule has 2 aromatic rings. The fourth-order valence-corrected chi connectivity index (χ4v) is 3.74. The Morgan fingerprint density at radius 2 is 1.81 bits per heavy atom. The minimum Gasteiger partial charge on any atom is -0.478 e. The molecule has 8 heteroatoms. The predicted octanol–water partition coefficient (Wildman–Crippen LogP) is 2.97. The van der Waals surface area contributed by atoms with E-state index >= 15 is 0 Å². The van der Waals surface area contributed by atoms with Crippen LogP contribution in [0.5, 0.6) is 0 Å². The maximum atomic E-state index is 12.7. The first-order chi connectivity index (χ1) is 12.7. The second-order valence-electron chi connectivity index (χ2n) is 6.20. The number of aromatic carboxylic acids is 1. The van der Waals surface area contributed by atoms with E-state index in [1.165, 1.54) is 45.2 Å². The topological polar surface area (TPSA) is 110 Å². The van der Waals surface area contributed by atoms with E-state index in [0.29, 0.717) is 5.56 Å². The molecule has 0 bridgehead atoms. The molecule has 0 saturated carbocycles. The van der Waals surface area contributed by atoms with Gasteiger partial charge in [-0.25, -0.2) is 13.2 Å².